The standard InChI is InChI=1S/C25H31F3N6O2/c1-4-5-9-29-24(35)34-12-10-33(11-13-34)22-20-21(17-7-6-8-18(15-17)25(26,27)28)32-36-23(20)31-19(30-22)14-16(2)3/h6-8,15-16H,4-5,9-14H2,1-3H3,(H,29,35). The van der Waals surface area contributed by atoms with Crippen molar-refractivity contribution in [3.8, 4) is 11.3 Å². The normalized spacial score (nSPS) is 14.6. The molecule has 11 heteroatoms. The zero-order valence-corrected chi connectivity index (χ0v) is 20.7. The Hall–Kier alpha value is -3.37. The molecule has 0 radical (unpaired) electrons. The van der Waals surface area contributed by atoms with Gasteiger partial charge >= 0.3 is 12.2 Å². The summed E-state index contributed by atoms with van der Waals surface area (Å²) in [5.74, 6) is 1.44. The van der Waals surface area contributed by atoms with E-state index in [1.54, 1.807) is 11.0 Å². The van der Waals surface area contributed by atoms with Gasteiger partial charge in [0.05, 0.1) is 5.56 Å². The molecular weight excluding hydrogens is 473 g/mol. The molecule has 4 rings (SSSR count). The first-order chi connectivity index (χ1) is 17.2. The fraction of sp³-hybridized carbons (Fsp3) is 0.520. The molecule has 2 amide bonds. The van der Waals surface area contributed by atoms with E-state index >= 15 is 0 Å². The number of urea groups is 1. The topological polar surface area (TPSA) is 87.4 Å². The number of benzene rings is 1. The van der Waals surface area contributed by atoms with Crippen LogP contribution in [0.15, 0.2) is 28.8 Å². The molecule has 1 N–H and O–H groups in total. The Bertz CT molecular complexity index is 1200. The molecule has 1 fully saturated rings. The van der Waals surface area contributed by atoms with Crippen molar-refractivity contribution < 1.29 is 22.5 Å². The van der Waals surface area contributed by atoms with Crippen LogP contribution in [0.25, 0.3) is 22.4 Å². The van der Waals surface area contributed by atoms with E-state index in [2.05, 4.69) is 36.2 Å². The van der Waals surface area contributed by atoms with Gasteiger partial charge in [0, 0.05) is 44.7 Å². The molecule has 0 bridgehead atoms. The fourth-order valence-corrected chi connectivity index (χ4v) is 4.21. The lowest BCUT2D eigenvalue weighted by Crippen LogP contribution is -2.52. The van der Waals surface area contributed by atoms with E-state index in [1.807, 2.05) is 4.90 Å². The highest BCUT2D eigenvalue weighted by atomic mass is 19.4. The van der Waals surface area contributed by atoms with Crippen LogP contribution < -0.4 is 10.2 Å². The maximum absolute atomic E-state index is 13.4. The van der Waals surface area contributed by atoms with Crippen LogP contribution >= 0.6 is 0 Å². The van der Waals surface area contributed by atoms with Crippen molar-refractivity contribution in [2.75, 3.05) is 37.6 Å². The van der Waals surface area contributed by atoms with E-state index < -0.39 is 11.7 Å². The lowest BCUT2D eigenvalue weighted by molar-refractivity contribution is -0.137. The van der Waals surface area contributed by atoms with E-state index in [9.17, 15) is 18.0 Å². The highest BCUT2D eigenvalue weighted by molar-refractivity contribution is 5.98. The minimum absolute atomic E-state index is 0.0916. The van der Waals surface area contributed by atoms with Crippen molar-refractivity contribution in [3.63, 3.8) is 0 Å². The third kappa shape index (κ3) is 5.71. The molecule has 3 heterocycles. The largest absolute Gasteiger partial charge is 0.416 e. The molecular formula is C25H31F3N6O2. The van der Waals surface area contributed by atoms with Gasteiger partial charge in [-0.3, -0.25) is 0 Å². The summed E-state index contributed by atoms with van der Waals surface area (Å²) in [7, 11) is 0. The van der Waals surface area contributed by atoms with Crippen LogP contribution in [0, 0.1) is 5.92 Å². The average molecular weight is 505 g/mol. The summed E-state index contributed by atoms with van der Waals surface area (Å²) < 4.78 is 45.6. The monoisotopic (exact) mass is 504 g/mol. The molecule has 0 saturated carbocycles. The van der Waals surface area contributed by atoms with Crippen molar-refractivity contribution in [2.24, 2.45) is 5.92 Å². The number of halogens is 3. The van der Waals surface area contributed by atoms with Gasteiger partial charge in [-0.2, -0.15) is 18.2 Å². The third-order valence-corrected chi connectivity index (χ3v) is 6.09. The zero-order chi connectivity index (χ0) is 25.9. The van der Waals surface area contributed by atoms with Gasteiger partial charge in [0.15, 0.2) is 0 Å². The molecule has 3 aromatic rings. The minimum atomic E-state index is -4.48. The third-order valence-electron chi connectivity index (χ3n) is 6.09. The van der Waals surface area contributed by atoms with Crippen LogP contribution in [0.4, 0.5) is 23.8 Å². The smallest absolute Gasteiger partial charge is 0.352 e. The van der Waals surface area contributed by atoms with E-state index in [-0.39, 0.29) is 23.0 Å². The lowest BCUT2D eigenvalue weighted by Gasteiger charge is -2.35. The second-order valence-corrected chi connectivity index (χ2v) is 9.41. The second-order valence-electron chi connectivity index (χ2n) is 9.41. The molecule has 0 unspecified atom stereocenters. The van der Waals surface area contributed by atoms with E-state index in [0.29, 0.717) is 62.1 Å². The maximum atomic E-state index is 13.4. The highest BCUT2D eigenvalue weighted by Crippen LogP contribution is 2.37. The molecule has 36 heavy (non-hydrogen) atoms. The Morgan fingerprint density at radius 3 is 2.58 bits per heavy atom. The van der Waals surface area contributed by atoms with Gasteiger partial charge in [-0.15, -0.1) is 0 Å². The number of piperazine rings is 1. The highest BCUT2D eigenvalue weighted by Gasteiger charge is 2.32. The van der Waals surface area contributed by atoms with Crippen molar-refractivity contribution >= 4 is 22.9 Å². The van der Waals surface area contributed by atoms with E-state index in [0.717, 1.165) is 25.0 Å². The van der Waals surface area contributed by atoms with Gasteiger partial charge in [0.2, 0.25) is 0 Å². The molecule has 1 aliphatic rings. The summed E-state index contributed by atoms with van der Waals surface area (Å²) in [5.41, 5.74) is 0.0152. The van der Waals surface area contributed by atoms with E-state index in [4.69, 9.17) is 9.51 Å². The van der Waals surface area contributed by atoms with Gasteiger partial charge in [0.25, 0.3) is 5.71 Å². The fourth-order valence-electron chi connectivity index (χ4n) is 4.21. The summed E-state index contributed by atoms with van der Waals surface area (Å²) >= 11 is 0. The van der Waals surface area contributed by atoms with Crippen LogP contribution in [0.5, 0.6) is 0 Å². The summed E-state index contributed by atoms with van der Waals surface area (Å²) in [4.78, 5) is 25.6. The van der Waals surface area contributed by atoms with Crippen LogP contribution in [-0.2, 0) is 12.6 Å². The predicted molar refractivity (Wildman–Crippen MR) is 131 cm³/mol. The summed E-state index contributed by atoms with van der Waals surface area (Å²) in [5, 5.41) is 7.52. The lowest BCUT2D eigenvalue weighted by atomic mass is 10.1. The molecule has 2 aromatic heterocycles. The number of hydrogen-bond acceptors (Lipinski definition) is 6. The quantitative estimate of drug-likeness (QED) is 0.449. The number of carbonyl (C=O) groups excluding carboxylic acids is 1. The summed E-state index contributed by atoms with van der Waals surface area (Å²) in [6.45, 7) is 8.83. The number of carbonyl (C=O) groups is 1. The van der Waals surface area contributed by atoms with Crippen molar-refractivity contribution in [1.82, 2.24) is 25.3 Å². The van der Waals surface area contributed by atoms with Crippen molar-refractivity contribution in [2.45, 2.75) is 46.2 Å². The first kappa shape index (κ1) is 25.7. The Kier molecular flexibility index (Phi) is 7.65. The number of fused-ring (bicyclic) bond motifs is 1. The molecule has 0 aliphatic carbocycles. The first-order valence-electron chi connectivity index (χ1n) is 12.3. The number of rotatable bonds is 7. The van der Waals surface area contributed by atoms with Crippen molar-refractivity contribution in [1.29, 1.82) is 0 Å². The molecule has 1 aliphatic heterocycles. The molecule has 194 valence electrons. The molecule has 0 atom stereocenters. The minimum Gasteiger partial charge on any atom is -0.352 e. The SMILES string of the molecule is CCCCNC(=O)N1CCN(c2nc(CC(C)C)nc3onc(-c4cccc(C(F)(F)F)c4)c23)CC1. The van der Waals surface area contributed by atoms with Gasteiger partial charge < -0.3 is 19.6 Å². The Morgan fingerprint density at radius 1 is 1.17 bits per heavy atom. The maximum Gasteiger partial charge on any atom is 0.416 e. The zero-order valence-electron chi connectivity index (χ0n) is 20.7. The Morgan fingerprint density at radius 2 is 1.92 bits per heavy atom. The number of unbranched alkanes of at least 4 members (excludes halogenated alkanes) is 1. The van der Waals surface area contributed by atoms with Crippen molar-refractivity contribution in [3.05, 3.63) is 35.7 Å². The first-order valence-corrected chi connectivity index (χ1v) is 12.3. The van der Waals surface area contributed by atoms with Gasteiger partial charge in [-0.05, 0) is 24.5 Å². The predicted octanol–water partition coefficient (Wildman–Crippen LogP) is 5.13. The molecule has 8 nitrogen and oxygen atoms in total. The van der Waals surface area contributed by atoms with Gasteiger partial charge in [-0.25, -0.2) is 9.78 Å². The molecule has 0 spiro atoms. The number of nitrogens with zero attached hydrogens (tertiary/aromatic N) is 5. The number of hydrogen-bond donors (Lipinski definition) is 1. The Balaban J connectivity index is 1.68. The number of amides is 2. The van der Waals surface area contributed by atoms with Crippen LogP contribution in [0.2, 0.25) is 0 Å². The number of aromatic nitrogens is 3. The number of nitrogens with one attached hydrogen (secondary N) is 1. The van der Waals surface area contributed by atoms with E-state index in [1.165, 1.54) is 6.07 Å². The molecule has 1 aromatic carbocycles. The van der Waals surface area contributed by atoms with Crippen LogP contribution in [0.1, 0.15) is 45.0 Å². The summed E-state index contributed by atoms with van der Waals surface area (Å²) in [6, 6.07) is 4.90. The molecule has 1 saturated heterocycles. The Labute approximate surface area is 207 Å². The van der Waals surface area contributed by atoms with Gasteiger partial charge in [-0.1, -0.05) is 44.5 Å². The summed E-state index contributed by atoms with van der Waals surface area (Å²) in [6.07, 6.45) is -1.94. The second kappa shape index (κ2) is 10.7. The average Bonchev–Trinajstić information content (AvgIpc) is 3.27. The van der Waals surface area contributed by atoms with Crippen LogP contribution in [0.3, 0.4) is 0 Å². The van der Waals surface area contributed by atoms with Gasteiger partial charge in [0.1, 0.15) is 22.7 Å². The number of anilines is 1. The van der Waals surface area contributed by atoms with Crippen LogP contribution in [-0.4, -0.2) is 58.8 Å². The number of alkyl halides is 3.